The van der Waals surface area contributed by atoms with Crippen LogP contribution in [0.2, 0.25) is 0 Å². The van der Waals surface area contributed by atoms with E-state index in [1.807, 2.05) is 30.8 Å². The molecule has 0 spiro atoms. The van der Waals surface area contributed by atoms with E-state index in [4.69, 9.17) is 4.98 Å². The number of aromatic amines is 1. The molecule has 0 aliphatic heterocycles. The lowest BCUT2D eigenvalue weighted by molar-refractivity contribution is 0.294. The van der Waals surface area contributed by atoms with Crippen molar-refractivity contribution in [2.45, 2.75) is 59.8 Å². The molecule has 39 heavy (non-hydrogen) atoms. The fourth-order valence-corrected chi connectivity index (χ4v) is 5.05. The summed E-state index contributed by atoms with van der Waals surface area (Å²) < 4.78 is 1.99. The molecule has 4 rings (SSSR count). The van der Waals surface area contributed by atoms with Crippen molar-refractivity contribution in [1.29, 1.82) is 0 Å². The molecule has 0 unspecified atom stereocenters. The molecule has 2 N–H and O–H groups in total. The molecule has 8 heteroatoms. The second-order valence-corrected chi connectivity index (χ2v) is 11.2. The van der Waals surface area contributed by atoms with Crippen LogP contribution in [0.1, 0.15) is 54.3 Å². The zero-order chi connectivity index (χ0) is 28.1. The second kappa shape index (κ2) is 12.7. The van der Waals surface area contributed by atoms with Crippen molar-refractivity contribution in [3.8, 4) is 11.3 Å². The predicted molar refractivity (Wildman–Crippen MR) is 160 cm³/mol. The van der Waals surface area contributed by atoms with Crippen molar-refractivity contribution in [3.63, 3.8) is 0 Å². The van der Waals surface area contributed by atoms with Crippen LogP contribution >= 0.6 is 0 Å². The van der Waals surface area contributed by atoms with Gasteiger partial charge in [0.15, 0.2) is 5.65 Å². The Labute approximate surface area is 232 Å². The fourth-order valence-electron chi connectivity index (χ4n) is 5.05. The van der Waals surface area contributed by atoms with E-state index in [-0.39, 0.29) is 11.6 Å². The molecule has 0 atom stereocenters. The highest BCUT2D eigenvalue weighted by atomic mass is 16.1. The van der Waals surface area contributed by atoms with E-state index in [0.29, 0.717) is 13.1 Å². The zero-order valence-corrected chi connectivity index (χ0v) is 24.5. The molecule has 0 saturated carbocycles. The number of hydrogen-bond acceptors (Lipinski definition) is 6. The second-order valence-electron chi connectivity index (χ2n) is 11.2. The minimum atomic E-state index is -0.0308. The van der Waals surface area contributed by atoms with Gasteiger partial charge >= 0.3 is 0 Å². The summed E-state index contributed by atoms with van der Waals surface area (Å²) in [5.41, 5.74) is 7.92. The van der Waals surface area contributed by atoms with Gasteiger partial charge in [0.2, 0.25) is 0 Å². The molecule has 0 fully saturated rings. The molecule has 0 amide bonds. The first-order valence-electron chi connectivity index (χ1n) is 13.8. The largest absolute Gasteiger partial charge is 0.326 e. The minimum absolute atomic E-state index is 0.0308. The molecule has 3 aromatic heterocycles. The Hall–Kier alpha value is -3.33. The number of pyridine rings is 2. The number of fused-ring (bicyclic) bond motifs is 1. The Bertz CT molecular complexity index is 1470. The molecule has 208 valence electrons. The summed E-state index contributed by atoms with van der Waals surface area (Å²) in [5.74, 6) is 0. The van der Waals surface area contributed by atoms with Gasteiger partial charge in [-0.05, 0) is 103 Å². The Morgan fingerprint density at radius 1 is 1.05 bits per heavy atom. The maximum atomic E-state index is 12.5. The first kappa shape index (κ1) is 28.7. The fraction of sp³-hybridized carbons (Fsp3) is 0.452. The normalized spacial score (nSPS) is 11.9. The summed E-state index contributed by atoms with van der Waals surface area (Å²) in [5, 5.41) is 9.19. The Morgan fingerprint density at radius 2 is 1.85 bits per heavy atom. The van der Waals surface area contributed by atoms with E-state index in [2.05, 4.69) is 90.5 Å². The summed E-state index contributed by atoms with van der Waals surface area (Å²) in [4.78, 5) is 25.1. The number of hydrogen-bond donors (Lipinski definition) is 2. The van der Waals surface area contributed by atoms with Gasteiger partial charge in [0.1, 0.15) is 0 Å². The Morgan fingerprint density at radius 3 is 2.56 bits per heavy atom. The Balaban J connectivity index is 1.60. The van der Waals surface area contributed by atoms with Gasteiger partial charge in [-0.2, -0.15) is 5.10 Å². The van der Waals surface area contributed by atoms with E-state index in [0.717, 1.165) is 70.7 Å². The van der Waals surface area contributed by atoms with E-state index in [1.165, 1.54) is 5.56 Å². The molecule has 0 radical (unpaired) electrons. The van der Waals surface area contributed by atoms with Crippen molar-refractivity contribution < 1.29 is 0 Å². The lowest BCUT2D eigenvalue weighted by atomic mass is 10.0. The highest BCUT2D eigenvalue weighted by molar-refractivity contribution is 5.82. The third kappa shape index (κ3) is 7.20. The maximum absolute atomic E-state index is 12.5. The molecule has 0 saturated heterocycles. The molecule has 4 aromatic rings. The summed E-state index contributed by atoms with van der Waals surface area (Å²) in [6.07, 6.45) is 3.05. The number of rotatable bonds is 12. The predicted octanol–water partition coefficient (Wildman–Crippen LogP) is 4.66. The third-order valence-electron chi connectivity index (χ3n) is 7.07. The Kier molecular flexibility index (Phi) is 9.32. The molecule has 0 bridgehead atoms. The van der Waals surface area contributed by atoms with E-state index >= 15 is 0 Å². The van der Waals surface area contributed by atoms with Gasteiger partial charge in [0.05, 0.1) is 11.9 Å². The lowest BCUT2D eigenvalue weighted by Crippen LogP contribution is -2.23. The van der Waals surface area contributed by atoms with Gasteiger partial charge < -0.3 is 20.1 Å². The average molecular weight is 530 g/mol. The van der Waals surface area contributed by atoms with Gasteiger partial charge in [0, 0.05) is 47.9 Å². The molecule has 0 aliphatic rings. The quantitative estimate of drug-likeness (QED) is 0.278. The van der Waals surface area contributed by atoms with Gasteiger partial charge in [-0.25, -0.2) is 9.67 Å². The third-order valence-corrected chi connectivity index (χ3v) is 7.07. The van der Waals surface area contributed by atoms with Crippen LogP contribution < -0.4 is 10.9 Å². The summed E-state index contributed by atoms with van der Waals surface area (Å²) >= 11 is 0. The zero-order valence-electron chi connectivity index (χ0n) is 24.5. The molecule has 0 aliphatic carbocycles. The van der Waals surface area contributed by atoms with Crippen molar-refractivity contribution in [2.24, 2.45) is 0 Å². The molecular weight excluding hydrogens is 486 g/mol. The number of nitrogens with zero attached hydrogens (tertiary/aromatic N) is 5. The van der Waals surface area contributed by atoms with Gasteiger partial charge in [0.25, 0.3) is 5.56 Å². The highest BCUT2D eigenvalue weighted by Crippen LogP contribution is 2.27. The van der Waals surface area contributed by atoms with Gasteiger partial charge in [-0.15, -0.1) is 0 Å². The highest BCUT2D eigenvalue weighted by Gasteiger charge is 2.15. The minimum Gasteiger partial charge on any atom is -0.326 e. The summed E-state index contributed by atoms with van der Waals surface area (Å²) in [6, 6.07) is 13.1. The van der Waals surface area contributed by atoms with Crippen LogP contribution in [0, 0.1) is 13.8 Å². The average Bonchev–Trinajstić information content (AvgIpc) is 3.30. The maximum Gasteiger partial charge on any atom is 0.252 e. The van der Waals surface area contributed by atoms with E-state index in [9.17, 15) is 4.79 Å². The molecule has 3 heterocycles. The lowest BCUT2D eigenvalue weighted by Gasteiger charge is -2.18. The van der Waals surface area contributed by atoms with E-state index < -0.39 is 0 Å². The molecule has 1 aromatic carbocycles. The van der Waals surface area contributed by atoms with Crippen LogP contribution in [-0.4, -0.2) is 63.8 Å². The SMILES string of the molecule is Cc1cc(C)c(CNCc2cc(-c3cccc(CN(C)CCCN(C)C)c3)nc3c2cnn3C(C)C)c(=O)[nH]1. The number of aryl methyl sites for hydroxylation is 2. The van der Waals surface area contributed by atoms with Crippen LogP contribution in [0.25, 0.3) is 22.3 Å². The van der Waals surface area contributed by atoms with E-state index in [1.54, 1.807) is 0 Å². The number of aromatic nitrogens is 4. The van der Waals surface area contributed by atoms with Crippen LogP contribution in [0.4, 0.5) is 0 Å². The van der Waals surface area contributed by atoms with Crippen LogP contribution in [0.3, 0.4) is 0 Å². The van der Waals surface area contributed by atoms with Crippen molar-refractivity contribution in [2.75, 3.05) is 34.2 Å². The summed E-state index contributed by atoms with van der Waals surface area (Å²) in [7, 11) is 6.41. The van der Waals surface area contributed by atoms with Crippen molar-refractivity contribution >= 4 is 11.0 Å². The number of H-pyrrole nitrogens is 1. The number of nitrogens with one attached hydrogen (secondary N) is 2. The first-order valence-corrected chi connectivity index (χ1v) is 13.8. The molecular formula is C31H43N7O. The smallest absolute Gasteiger partial charge is 0.252 e. The molecule has 8 nitrogen and oxygen atoms in total. The van der Waals surface area contributed by atoms with Crippen molar-refractivity contribution in [1.82, 2.24) is 34.9 Å². The van der Waals surface area contributed by atoms with Gasteiger partial charge in [-0.3, -0.25) is 4.79 Å². The van der Waals surface area contributed by atoms with Gasteiger partial charge in [-0.1, -0.05) is 18.2 Å². The van der Waals surface area contributed by atoms with Crippen LogP contribution in [-0.2, 0) is 19.6 Å². The van der Waals surface area contributed by atoms with Crippen LogP contribution in [0.5, 0.6) is 0 Å². The van der Waals surface area contributed by atoms with Crippen LogP contribution in [0.15, 0.2) is 47.4 Å². The topological polar surface area (TPSA) is 82.1 Å². The standard InChI is InChI=1S/C31H43N7O/c1-21(2)38-30-28(19-33-38)26(17-32-18-27-22(3)14-23(4)34-31(27)39)16-29(35-30)25-11-8-10-24(15-25)20-37(7)13-9-12-36(5)6/h8,10-11,14-16,19,21,32H,9,12-13,17-18,20H2,1-7H3,(H,34,39). The number of benzene rings is 1. The summed E-state index contributed by atoms with van der Waals surface area (Å²) in [6.45, 7) is 12.3. The van der Waals surface area contributed by atoms with Crippen molar-refractivity contribution in [3.05, 3.63) is 80.9 Å². The first-order chi connectivity index (χ1) is 18.6. The monoisotopic (exact) mass is 529 g/mol.